The fourth-order valence-electron chi connectivity index (χ4n) is 6.45. The van der Waals surface area contributed by atoms with Gasteiger partial charge in [-0.05, 0) is 51.5 Å². The highest BCUT2D eigenvalue weighted by molar-refractivity contribution is 5.86. The van der Waals surface area contributed by atoms with Crippen LogP contribution in [0.4, 0.5) is 4.79 Å². The van der Waals surface area contributed by atoms with Crippen LogP contribution in [0.2, 0.25) is 0 Å². The van der Waals surface area contributed by atoms with Gasteiger partial charge in [-0.3, -0.25) is 14.5 Å². The Morgan fingerprint density at radius 1 is 1.10 bits per heavy atom. The van der Waals surface area contributed by atoms with Crippen LogP contribution in [-0.4, -0.2) is 71.1 Å². The summed E-state index contributed by atoms with van der Waals surface area (Å²) >= 11 is 0. The summed E-state index contributed by atoms with van der Waals surface area (Å²) in [6, 6.07) is 12.4. The molecule has 3 unspecified atom stereocenters. The molecule has 4 rings (SSSR count). The molecule has 2 heterocycles. The summed E-state index contributed by atoms with van der Waals surface area (Å²) in [4.78, 5) is 43.4. The van der Waals surface area contributed by atoms with E-state index in [0.717, 1.165) is 38.8 Å². The second-order valence-electron chi connectivity index (χ2n) is 13.2. The minimum absolute atomic E-state index is 0.0717. The fraction of sp³-hybridized carbons (Fsp3) is 0.688. The lowest BCUT2D eigenvalue weighted by atomic mass is 9.81. The molecule has 1 aliphatic carbocycles. The van der Waals surface area contributed by atoms with Gasteiger partial charge in [0.2, 0.25) is 11.8 Å². The number of nitrogens with one attached hydrogen (secondary N) is 2. The Morgan fingerprint density at radius 2 is 1.83 bits per heavy atom. The number of nitriles is 1. The number of amides is 3. The topological polar surface area (TPSA) is 115 Å². The number of rotatable bonds is 9. The average molecular weight is 566 g/mol. The van der Waals surface area contributed by atoms with Gasteiger partial charge in [-0.2, -0.15) is 5.26 Å². The Hall–Kier alpha value is -3.12. The Balaban J connectivity index is 1.36. The molecule has 1 saturated carbocycles. The van der Waals surface area contributed by atoms with Crippen LogP contribution in [0.3, 0.4) is 0 Å². The smallest absolute Gasteiger partial charge is 0.407 e. The van der Waals surface area contributed by atoms with Crippen LogP contribution in [-0.2, 0) is 20.9 Å². The molecular weight excluding hydrogens is 518 g/mol. The van der Waals surface area contributed by atoms with Crippen LogP contribution in [0.1, 0.15) is 84.1 Å². The predicted octanol–water partition coefficient (Wildman–Crippen LogP) is 4.37. The predicted molar refractivity (Wildman–Crippen MR) is 156 cm³/mol. The van der Waals surface area contributed by atoms with E-state index in [1.165, 1.54) is 12.0 Å². The standard InChI is InChI=1S/C32H47N5O4/c1-31(2,3)41-30(40)34-27-14-16-37(21-27)28(38)19-26(18-24-10-6-4-7-11-24)29(39)35-32(22-33)15-17-36(23-32)20-25-12-8-5-9-13-25/h5,8-9,12-13,24,26-27H,4,6-7,10-11,14-21,23H2,1-3H3,(H,34,40)(H,35,39). The third-order valence-electron chi connectivity index (χ3n) is 8.57. The first-order chi connectivity index (χ1) is 19.5. The van der Waals surface area contributed by atoms with Crippen molar-refractivity contribution in [3.63, 3.8) is 0 Å². The Kier molecular flexibility index (Phi) is 10.3. The molecule has 0 spiro atoms. The molecule has 9 nitrogen and oxygen atoms in total. The number of benzene rings is 1. The van der Waals surface area contributed by atoms with Gasteiger partial charge in [0.1, 0.15) is 11.1 Å². The number of hydrogen-bond donors (Lipinski definition) is 2. The SMILES string of the molecule is CC(C)(C)OC(=O)NC1CCN(C(=O)CC(CC2CCCCC2)C(=O)NC2(C#N)CCN(Cc3ccccc3)C2)C1. The lowest BCUT2D eigenvalue weighted by Gasteiger charge is -2.30. The van der Waals surface area contributed by atoms with E-state index in [9.17, 15) is 19.6 Å². The van der Waals surface area contributed by atoms with E-state index in [2.05, 4.69) is 33.7 Å². The summed E-state index contributed by atoms with van der Waals surface area (Å²) in [5.41, 5.74) is -0.356. The highest BCUT2D eigenvalue weighted by Gasteiger charge is 2.42. The molecule has 1 aromatic carbocycles. The highest BCUT2D eigenvalue weighted by atomic mass is 16.6. The van der Waals surface area contributed by atoms with Gasteiger partial charge in [0.15, 0.2) is 0 Å². The first-order valence-corrected chi connectivity index (χ1v) is 15.3. The normalized spacial score (nSPS) is 24.4. The minimum atomic E-state index is -0.949. The molecule has 2 N–H and O–H groups in total. The monoisotopic (exact) mass is 565 g/mol. The van der Waals surface area contributed by atoms with Crippen LogP contribution in [0.15, 0.2) is 30.3 Å². The zero-order valence-corrected chi connectivity index (χ0v) is 25.0. The van der Waals surface area contributed by atoms with Crippen molar-refractivity contribution in [2.45, 2.75) is 102 Å². The number of hydrogen-bond acceptors (Lipinski definition) is 6. The van der Waals surface area contributed by atoms with Crippen molar-refractivity contribution < 1.29 is 19.1 Å². The lowest BCUT2D eigenvalue weighted by Crippen LogP contribution is -2.52. The molecule has 9 heteroatoms. The number of nitrogens with zero attached hydrogens (tertiary/aromatic N) is 3. The van der Waals surface area contributed by atoms with Crippen LogP contribution < -0.4 is 10.6 Å². The summed E-state index contributed by atoms with van der Waals surface area (Å²) in [7, 11) is 0. The molecule has 41 heavy (non-hydrogen) atoms. The van der Waals surface area contributed by atoms with Crippen molar-refractivity contribution in [3.05, 3.63) is 35.9 Å². The summed E-state index contributed by atoms with van der Waals surface area (Å²) in [5, 5.41) is 16.2. The van der Waals surface area contributed by atoms with E-state index in [1.54, 1.807) is 4.90 Å². The molecule has 3 fully saturated rings. The molecule has 1 aromatic rings. The fourth-order valence-corrected chi connectivity index (χ4v) is 6.45. The summed E-state index contributed by atoms with van der Waals surface area (Å²) in [6.07, 6.45) is 7.23. The molecule has 3 amide bonds. The molecule has 224 valence electrons. The largest absolute Gasteiger partial charge is 0.444 e. The van der Waals surface area contributed by atoms with E-state index in [0.29, 0.717) is 44.8 Å². The average Bonchev–Trinajstić information content (AvgIpc) is 3.56. The van der Waals surface area contributed by atoms with Gasteiger partial charge in [-0.1, -0.05) is 62.4 Å². The third kappa shape index (κ3) is 9.19. The zero-order chi connectivity index (χ0) is 29.5. The summed E-state index contributed by atoms with van der Waals surface area (Å²) < 4.78 is 5.36. The molecule has 0 radical (unpaired) electrons. The van der Waals surface area contributed by atoms with Gasteiger partial charge in [-0.25, -0.2) is 4.79 Å². The van der Waals surface area contributed by atoms with Crippen LogP contribution in [0.25, 0.3) is 0 Å². The third-order valence-corrected chi connectivity index (χ3v) is 8.57. The number of carbonyl (C=O) groups is 3. The summed E-state index contributed by atoms with van der Waals surface area (Å²) in [5.74, 6) is -0.312. The van der Waals surface area contributed by atoms with Gasteiger partial charge in [0.05, 0.1) is 12.1 Å². The maximum atomic E-state index is 13.8. The number of ether oxygens (including phenoxy) is 1. The molecule has 0 bridgehead atoms. The molecule has 2 saturated heterocycles. The van der Waals surface area contributed by atoms with E-state index in [-0.39, 0.29) is 24.3 Å². The van der Waals surface area contributed by atoms with Crippen molar-refractivity contribution in [1.29, 1.82) is 5.26 Å². The van der Waals surface area contributed by atoms with Crippen molar-refractivity contribution >= 4 is 17.9 Å². The minimum Gasteiger partial charge on any atom is -0.444 e. The van der Waals surface area contributed by atoms with Crippen molar-refractivity contribution in [1.82, 2.24) is 20.4 Å². The van der Waals surface area contributed by atoms with Crippen LogP contribution in [0.5, 0.6) is 0 Å². The number of alkyl carbamates (subject to hydrolysis) is 1. The van der Waals surface area contributed by atoms with E-state index in [4.69, 9.17) is 4.74 Å². The first-order valence-electron chi connectivity index (χ1n) is 15.3. The molecule has 2 aliphatic heterocycles. The van der Waals surface area contributed by atoms with E-state index in [1.807, 2.05) is 39.0 Å². The van der Waals surface area contributed by atoms with Gasteiger partial charge >= 0.3 is 6.09 Å². The number of carbonyl (C=O) groups excluding carboxylic acids is 3. The van der Waals surface area contributed by atoms with E-state index < -0.39 is 23.2 Å². The van der Waals surface area contributed by atoms with Crippen molar-refractivity contribution in [2.24, 2.45) is 11.8 Å². The van der Waals surface area contributed by atoms with Crippen LogP contribution in [0, 0.1) is 23.2 Å². The van der Waals surface area contributed by atoms with Gasteiger partial charge in [0.25, 0.3) is 0 Å². The maximum absolute atomic E-state index is 13.8. The molecule has 0 aromatic heterocycles. The zero-order valence-electron chi connectivity index (χ0n) is 25.0. The second kappa shape index (κ2) is 13.7. The van der Waals surface area contributed by atoms with Crippen molar-refractivity contribution in [3.8, 4) is 6.07 Å². The van der Waals surface area contributed by atoms with Crippen LogP contribution >= 0.6 is 0 Å². The van der Waals surface area contributed by atoms with Gasteiger partial charge in [0, 0.05) is 45.1 Å². The molecule has 3 atom stereocenters. The quantitative estimate of drug-likeness (QED) is 0.460. The van der Waals surface area contributed by atoms with Crippen molar-refractivity contribution in [2.75, 3.05) is 26.2 Å². The Bertz CT molecular complexity index is 1090. The molecular formula is C32H47N5O4. The van der Waals surface area contributed by atoms with E-state index >= 15 is 0 Å². The Morgan fingerprint density at radius 3 is 2.51 bits per heavy atom. The van der Waals surface area contributed by atoms with Gasteiger partial charge < -0.3 is 20.3 Å². The lowest BCUT2D eigenvalue weighted by molar-refractivity contribution is -0.136. The first kappa shape index (κ1) is 30.8. The van der Waals surface area contributed by atoms with Gasteiger partial charge in [-0.15, -0.1) is 0 Å². The highest BCUT2D eigenvalue weighted by Crippen LogP contribution is 2.32. The number of likely N-dealkylation sites (tertiary alicyclic amines) is 2. The summed E-state index contributed by atoms with van der Waals surface area (Å²) in [6.45, 7) is 8.33. The Labute approximate surface area is 245 Å². The second-order valence-corrected chi connectivity index (χ2v) is 13.2. The molecule has 3 aliphatic rings. The maximum Gasteiger partial charge on any atom is 0.407 e.